The fourth-order valence-corrected chi connectivity index (χ4v) is 3.24. The summed E-state index contributed by atoms with van der Waals surface area (Å²) in [5.41, 5.74) is 2.97. The number of aliphatic hydroxyl groups excluding tert-OH is 1. The van der Waals surface area contributed by atoms with Crippen LogP contribution in [0.5, 0.6) is 5.75 Å². The Morgan fingerprint density at radius 3 is 2.71 bits per heavy atom. The predicted octanol–water partition coefficient (Wildman–Crippen LogP) is 5.23. The van der Waals surface area contributed by atoms with Gasteiger partial charge in [-0.3, -0.25) is 0 Å². The molecule has 0 heterocycles. The summed E-state index contributed by atoms with van der Waals surface area (Å²) in [7, 11) is 0. The Morgan fingerprint density at radius 1 is 1.29 bits per heavy atom. The largest absolute Gasteiger partial charge is 0.492 e. The van der Waals surface area contributed by atoms with E-state index in [1.54, 1.807) is 0 Å². The van der Waals surface area contributed by atoms with Crippen LogP contribution in [0.15, 0.2) is 40.9 Å². The smallest absolute Gasteiger partial charge is 0.133 e. The third-order valence-corrected chi connectivity index (χ3v) is 5.34. The molecule has 2 aromatic rings. The molecule has 0 bridgehead atoms. The first-order valence-corrected chi connectivity index (χ1v) is 8.77. The van der Waals surface area contributed by atoms with Crippen LogP contribution in [0.2, 0.25) is 0 Å². The Morgan fingerprint density at radius 2 is 2.05 bits per heavy atom. The van der Waals surface area contributed by atoms with Crippen molar-refractivity contribution in [2.45, 2.75) is 26.4 Å². The highest BCUT2D eigenvalue weighted by Gasteiger charge is 2.16. The van der Waals surface area contributed by atoms with Crippen molar-refractivity contribution in [2.24, 2.45) is 0 Å². The van der Waals surface area contributed by atoms with E-state index in [2.05, 4.69) is 58.4 Å². The van der Waals surface area contributed by atoms with E-state index >= 15 is 0 Å². The van der Waals surface area contributed by atoms with Gasteiger partial charge in [0.05, 0.1) is 11.1 Å². The predicted molar refractivity (Wildman–Crippen MR) is 97.9 cm³/mol. The van der Waals surface area contributed by atoms with Gasteiger partial charge in [-0.1, -0.05) is 31.2 Å². The Balaban J connectivity index is 2.29. The third kappa shape index (κ3) is 3.99. The molecule has 0 aliphatic rings. The molecule has 0 aliphatic carbocycles. The zero-order valence-electron chi connectivity index (χ0n) is 12.1. The van der Waals surface area contributed by atoms with Crippen molar-refractivity contribution in [3.63, 3.8) is 0 Å². The van der Waals surface area contributed by atoms with Gasteiger partial charge in [0.2, 0.25) is 0 Å². The summed E-state index contributed by atoms with van der Waals surface area (Å²) < 4.78 is 7.61. The van der Waals surface area contributed by atoms with Crippen molar-refractivity contribution in [1.82, 2.24) is 0 Å². The average molecular weight is 461 g/mol. The normalized spacial score (nSPS) is 12.2. The summed E-state index contributed by atoms with van der Waals surface area (Å²) in [5, 5.41) is 10.6. The van der Waals surface area contributed by atoms with Crippen LogP contribution in [-0.4, -0.2) is 11.7 Å². The molecule has 0 saturated carbocycles. The van der Waals surface area contributed by atoms with E-state index in [4.69, 9.17) is 4.74 Å². The molecular formula is C17H18BrIO2. The lowest BCUT2D eigenvalue weighted by Crippen LogP contribution is -2.04. The van der Waals surface area contributed by atoms with Gasteiger partial charge in [0.25, 0.3) is 0 Å². The molecule has 0 aliphatic heterocycles. The van der Waals surface area contributed by atoms with Gasteiger partial charge in [0, 0.05) is 3.57 Å². The molecule has 2 aromatic carbocycles. The molecule has 112 valence electrons. The second kappa shape index (κ2) is 7.61. The van der Waals surface area contributed by atoms with Crippen LogP contribution in [0.1, 0.15) is 36.1 Å². The second-order valence-corrected chi connectivity index (χ2v) is 6.85. The summed E-state index contributed by atoms with van der Waals surface area (Å²) in [5.74, 6) is 0.812. The van der Waals surface area contributed by atoms with Gasteiger partial charge in [-0.2, -0.15) is 0 Å². The Kier molecular flexibility index (Phi) is 6.08. The zero-order valence-corrected chi connectivity index (χ0v) is 15.8. The van der Waals surface area contributed by atoms with E-state index < -0.39 is 6.10 Å². The summed E-state index contributed by atoms with van der Waals surface area (Å²) in [6.45, 7) is 4.82. The standard InChI is InChI=1S/C17H18BrIO2/c1-3-9-21-15-8-7-12(10-14(15)18)17(20)13-6-4-5-11(2)16(13)19/h4-8,10,17,20H,3,9H2,1-2H3. The number of halogens is 2. The number of hydrogen-bond donors (Lipinski definition) is 1. The van der Waals surface area contributed by atoms with Crippen molar-refractivity contribution in [2.75, 3.05) is 6.61 Å². The number of rotatable bonds is 5. The van der Waals surface area contributed by atoms with Crippen LogP contribution in [0.3, 0.4) is 0 Å². The molecule has 0 radical (unpaired) electrons. The summed E-state index contributed by atoms with van der Waals surface area (Å²) in [6.07, 6.45) is 0.339. The first-order valence-electron chi connectivity index (χ1n) is 6.90. The number of benzene rings is 2. The highest BCUT2D eigenvalue weighted by Crippen LogP contribution is 2.33. The Bertz CT molecular complexity index is 628. The van der Waals surface area contributed by atoms with Gasteiger partial charge in [-0.15, -0.1) is 0 Å². The molecule has 21 heavy (non-hydrogen) atoms. The maximum atomic E-state index is 10.6. The highest BCUT2D eigenvalue weighted by molar-refractivity contribution is 14.1. The molecule has 0 saturated heterocycles. The lowest BCUT2D eigenvalue weighted by molar-refractivity contribution is 0.219. The van der Waals surface area contributed by atoms with Crippen LogP contribution in [0.4, 0.5) is 0 Å². The SMILES string of the molecule is CCCOc1ccc(C(O)c2cccc(C)c2I)cc1Br. The van der Waals surface area contributed by atoms with E-state index in [-0.39, 0.29) is 0 Å². The molecule has 1 N–H and O–H groups in total. The van der Waals surface area contributed by atoms with Gasteiger partial charge in [-0.25, -0.2) is 0 Å². The van der Waals surface area contributed by atoms with E-state index in [9.17, 15) is 5.11 Å². The monoisotopic (exact) mass is 460 g/mol. The summed E-state index contributed by atoms with van der Waals surface area (Å²) in [4.78, 5) is 0. The van der Waals surface area contributed by atoms with E-state index in [0.29, 0.717) is 6.61 Å². The topological polar surface area (TPSA) is 29.5 Å². The van der Waals surface area contributed by atoms with Gasteiger partial charge < -0.3 is 9.84 Å². The quantitative estimate of drug-likeness (QED) is 0.619. The molecule has 1 atom stereocenters. The maximum absolute atomic E-state index is 10.6. The average Bonchev–Trinajstić information content (AvgIpc) is 2.48. The fraction of sp³-hybridized carbons (Fsp3) is 0.294. The lowest BCUT2D eigenvalue weighted by Gasteiger charge is -2.16. The summed E-state index contributed by atoms with van der Waals surface area (Å²) in [6, 6.07) is 11.7. The van der Waals surface area contributed by atoms with Crippen molar-refractivity contribution in [3.05, 3.63) is 61.1 Å². The van der Waals surface area contributed by atoms with Gasteiger partial charge in [0.15, 0.2) is 0 Å². The fourth-order valence-electron chi connectivity index (χ4n) is 2.08. The van der Waals surface area contributed by atoms with Crippen LogP contribution >= 0.6 is 38.5 Å². The second-order valence-electron chi connectivity index (χ2n) is 4.92. The van der Waals surface area contributed by atoms with E-state index in [1.807, 2.05) is 30.3 Å². The zero-order chi connectivity index (χ0) is 15.4. The highest BCUT2D eigenvalue weighted by atomic mass is 127. The molecule has 0 spiro atoms. The summed E-state index contributed by atoms with van der Waals surface area (Å²) >= 11 is 5.80. The van der Waals surface area contributed by atoms with Crippen LogP contribution < -0.4 is 4.74 Å². The Labute approximate surface area is 147 Å². The van der Waals surface area contributed by atoms with Crippen molar-refractivity contribution in [1.29, 1.82) is 0 Å². The van der Waals surface area contributed by atoms with Gasteiger partial charge >= 0.3 is 0 Å². The molecule has 0 amide bonds. The number of hydrogen-bond acceptors (Lipinski definition) is 2. The number of aryl methyl sites for hydroxylation is 1. The third-order valence-electron chi connectivity index (χ3n) is 3.25. The molecule has 2 rings (SSSR count). The van der Waals surface area contributed by atoms with Crippen LogP contribution in [0, 0.1) is 10.5 Å². The first-order chi connectivity index (χ1) is 10.0. The first kappa shape index (κ1) is 16.8. The number of ether oxygens (including phenoxy) is 1. The molecule has 0 aromatic heterocycles. The molecule has 4 heteroatoms. The van der Waals surface area contributed by atoms with Crippen molar-refractivity contribution >= 4 is 38.5 Å². The van der Waals surface area contributed by atoms with E-state index in [1.165, 1.54) is 5.56 Å². The lowest BCUT2D eigenvalue weighted by atomic mass is 10.00. The van der Waals surface area contributed by atoms with Gasteiger partial charge in [-0.05, 0) is 80.7 Å². The van der Waals surface area contributed by atoms with Gasteiger partial charge in [0.1, 0.15) is 11.9 Å². The maximum Gasteiger partial charge on any atom is 0.133 e. The van der Waals surface area contributed by atoms with Crippen molar-refractivity contribution in [3.8, 4) is 5.75 Å². The number of aliphatic hydroxyl groups is 1. The molecule has 0 fully saturated rings. The minimum absolute atomic E-state index is 0.631. The minimum atomic E-state index is -0.631. The minimum Gasteiger partial charge on any atom is -0.492 e. The van der Waals surface area contributed by atoms with Crippen LogP contribution in [-0.2, 0) is 0 Å². The Hall–Kier alpha value is -0.590. The van der Waals surface area contributed by atoms with Crippen LogP contribution in [0.25, 0.3) is 0 Å². The van der Waals surface area contributed by atoms with E-state index in [0.717, 1.165) is 31.3 Å². The molecule has 2 nitrogen and oxygen atoms in total. The molecular weight excluding hydrogens is 443 g/mol. The molecule has 1 unspecified atom stereocenters. The van der Waals surface area contributed by atoms with Crippen molar-refractivity contribution < 1.29 is 9.84 Å².